The van der Waals surface area contributed by atoms with Gasteiger partial charge in [-0.2, -0.15) is 0 Å². The van der Waals surface area contributed by atoms with Gasteiger partial charge in [0.05, 0.1) is 0 Å². The third-order valence-corrected chi connectivity index (χ3v) is 14.9. The van der Waals surface area contributed by atoms with Gasteiger partial charge in [-0.1, -0.05) is 293 Å². The molecule has 0 N–H and O–H groups in total. The Morgan fingerprint density at radius 1 is 0.256 bits per heavy atom. The number of allylic oxidation sites excluding steroid dienone is 12. The van der Waals surface area contributed by atoms with Gasteiger partial charge in [-0.15, -0.1) is 0 Å². The summed E-state index contributed by atoms with van der Waals surface area (Å²) in [6.45, 7) is 6.59. The fourth-order valence-corrected chi connectivity index (χ4v) is 9.76. The number of ether oxygens (including phenoxy) is 3. The lowest BCUT2D eigenvalue weighted by molar-refractivity contribution is -0.167. The molecule has 0 aromatic rings. The van der Waals surface area contributed by atoms with Crippen molar-refractivity contribution in [2.45, 2.75) is 354 Å². The number of esters is 3. The Morgan fingerprint density at radius 2 is 0.474 bits per heavy atom. The maximum absolute atomic E-state index is 12.9. The number of rotatable bonds is 62. The molecule has 6 heteroatoms. The smallest absolute Gasteiger partial charge is 0.306 e. The molecule has 0 saturated heterocycles. The predicted molar refractivity (Wildman–Crippen MR) is 339 cm³/mol. The SMILES string of the molecule is CCCC/C=C\C/C=C\CCCCCCCC(=O)OCC(COC(=O)CCCCCCCCCCCCCCCCC/C=C\C/C=C\CCCCCCC)OC(=O)CCCCCCCCCCC/C=C\C/C=C\CCCCC. The summed E-state index contributed by atoms with van der Waals surface area (Å²) in [4.78, 5) is 38.4. The molecule has 0 spiro atoms. The number of carbonyl (C=O) groups excluding carboxylic acids is 3. The van der Waals surface area contributed by atoms with Gasteiger partial charge in [-0.3, -0.25) is 14.4 Å². The van der Waals surface area contributed by atoms with Crippen LogP contribution in [0.25, 0.3) is 0 Å². The summed E-state index contributed by atoms with van der Waals surface area (Å²) in [5.41, 5.74) is 0. The van der Waals surface area contributed by atoms with Crippen LogP contribution < -0.4 is 0 Å². The van der Waals surface area contributed by atoms with Gasteiger partial charge in [-0.05, 0) is 109 Å². The van der Waals surface area contributed by atoms with E-state index in [9.17, 15) is 14.4 Å². The highest BCUT2D eigenvalue weighted by atomic mass is 16.6. The van der Waals surface area contributed by atoms with Crippen molar-refractivity contribution in [3.63, 3.8) is 0 Å². The summed E-state index contributed by atoms with van der Waals surface area (Å²) in [5.74, 6) is -0.881. The van der Waals surface area contributed by atoms with E-state index in [0.717, 1.165) is 89.9 Å². The maximum Gasteiger partial charge on any atom is 0.306 e. The van der Waals surface area contributed by atoms with Gasteiger partial charge < -0.3 is 14.2 Å². The van der Waals surface area contributed by atoms with Crippen LogP contribution in [0, 0.1) is 0 Å². The minimum absolute atomic E-state index is 0.0795. The molecule has 0 aliphatic carbocycles. The molecule has 0 radical (unpaired) electrons. The molecule has 1 unspecified atom stereocenters. The zero-order valence-corrected chi connectivity index (χ0v) is 51.9. The van der Waals surface area contributed by atoms with Crippen molar-refractivity contribution in [2.75, 3.05) is 13.2 Å². The average Bonchev–Trinajstić information content (AvgIpc) is 3.44. The summed E-state index contributed by atoms with van der Waals surface area (Å²) in [6, 6.07) is 0. The molecule has 0 rings (SSSR count). The minimum Gasteiger partial charge on any atom is -0.462 e. The highest BCUT2D eigenvalue weighted by molar-refractivity contribution is 5.71. The van der Waals surface area contributed by atoms with Gasteiger partial charge in [0, 0.05) is 19.3 Å². The molecular weight excluding hydrogens is 961 g/mol. The van der Waals surface area contributed by atoms with Gasteiger partial charge in [-0.25, -0.2) is 0 Å². The molecule has 0 heterocycles. The van der Waals surface area contributed by atoms with Gasteiger partial charge in [0.15, 0.2) is 6.10 Å². The Labute approximate surface area is 484 Å². The molecule has 452 valence electrons. The summed E-state index contributed by atoms with van der Waals surface area (Å²) >= 11 is 0. The zero-order valence-electron chi connectivity index (χ0n) is 51.9. The molecule has 78 heavy (non-hydrogen) atoms. The van der Waals surface area contributed by atoms with Crippen molar-refractivity contribution in [1.82, 2.24) is 0 Å². The Balaban J connectivity index is 4.27. The standard InChI is InChI=1S/C72H128O6/c1-4-7-10-13-16-19-22-25-28-30-32-33-34-35-36-37-38-39-41-42-44-47-50-53-56-59-62-65-71(74)77-68-69(67-76-70(73)64-61-58-55-52-49-46-27-24-21-18-15-12-9-6-3)78-72(75)66-63-60-57-54-51-48-45-43-40-31-29-26-23-20-17-14-11-8-5-2/h15,17-18,20,22,24-27,29-30,32,69H,4-14,16,19,21,23,28,31,33-68H2,1-3H3/b18-15-,20-17-,25-22-,27-24-,29-26-,32-30-. The van der Waals surface area contributed by atoms with Crippen LogP contribution in [0.3, 0.4) is 0 Å². The van der Waals surface area contributed by atoms with E-state index in [4.69, 9.17) is 14.2 Å². The van der Waals surface area contributed by atoms with Gasteiger partial charge in [0.1, 0.15) is 13.2 Å². The van der Waals surface area contributed by atoms with Crippen molar-refractivity contribution >= 4 is 17.9 Å². The molecular formula is C72H128O6. The van der Waals surface area contributed by atoms with Gasteiger partial charge >= 0.3 is 17.9 Å². The van der Waals surface area contributed by atoms with Crippen molar-refractivity contribution in [3.8, 4) is 0 Å². The van der Waals surface area contributed by atoms with Crippen LogP contribution >= 0.6 is 0 Å². The molecule has 0 aliphatic rings. The Hall–Kier alpha value is -3.15. The Morgan fingerprint density at radius 3 is 0.769 bits per heavy atom. The lowest BCUT2D eigenvalue weighted by Gasteiger charge is -2.18. The predicted octanol–water partition coefficient (Wildman–Crippen LogP) is 23.3. The Bertz CT molecular complexity index is 1440. The van der Waals surface area contributed by atoms with Crippen LogP contribution in [-0.2, 0) is 28.6 Å². The third-order valence-electron chi connectivity index (χ3n) is 14.9. The van der Waals surface area contributed by atoms with E-state index in [-0.39, 0.29) is 31.1 Å². The minimum atomic E-state index is -0.784. The van der Waals surface area contributed by atoms with Crippen LogP contribution in [0.15, 0.2) is 72.9 Å². The van der Waals surface area contributed by atoms with Crippen LogP contribution in [0.2, 0.25) is 0 Å². The second-order valence-corrected chi connectivity index (χ2v) is 22.7. The van der Waals surface area contributed by atoms with Crippen LogP contribution in [0.1, 0.15) is 348 Å². The zero-order chi connectivity index (χ0) is 56.4. The first-order valence-electron chi connectivity index (χ1n) is 33.9. The Kier molecular flexibility index (Phi) is 63.7. The summed E-state index contributed by atoms with van der Waals surface area (Å²) in [6.07, 6.45) is 86.3. The third kappa shape index (κ3) is 63.7. The number of hydrogen-bond donors (Lipinski definition) is 0. The van der Waals surface area contributed by atoms with Crippen LogP contribution in [0.5, 0.6) is 0 Å². The lowest BCUT2D eigenvalue weighted by Crippen LogP contribution is -2.30. The van der Waals surface area contributed by atoms with Crippen molar-refractivity contribution < 1.29 is 28.6 Å². The van der Waals surface area contributed by atoms with Gasteiger partial charge in [0.2, 0.25) is 0 Å². The van der Waals surface area contributed by atoms with E-state index in [0.29, 0.717) is 19.3 Å². The maximum atomic E-state index is 12.9. The molecule has 6 nitrogen and oxygen atoms in total. The van der Waals surface area contributed by atoms with E-state index in [2.05, 4.69) is 93.7 Å². The molecule has 0 aromatic heterocycles. The second kappa shape index (κ2) is 66.4. The molecule has 1 atom stereocenters. The first kappa shape index (κ1) is 74.8. The molecule has 0 fully saturated rings. The van der Waals surface area contributed by atoms with Crippen molar-refractivity contribution in [3.05, 3.63) is 72.9 Å². The van der Waals surface area contributed by atoms with Gasteiger partial charge in [0.25, 0.3) is 0 Å². The van der Waals surface area contributed by atoms with E-state index in [1.165, 1.54) is 218 Å². The fraction of sp³-hybridized carbons (Fsp3) is 0.792. The first-order valence-corrected chi connectivity index (χ1v) is 33.9. The molecule has 0 saturated carbocycles. The number of unbranched alkanes of at least 4 members (excludes halogenated alkanes) is 39. The molecule has 0 amide bonds. The quantitative estimate of drug-likeness (QED) is 0.0261. The van der Waals surface area contributed by atoms with Crippen molar-refractivity contribution in [2.24, 2.45) is 0 Å². The van der Waals surface area contributed by atoms with E-state index in [1.807, 2.05) is 0 Å². The van der Waals surface area contributed by atoms with E-state index >= 15 is 0 Å². The normalized spacial score (nSPS) is 12.5. The van der Waals surface area contributed by atoms with Crippen molar-refractivity contribution in [1.29, 1.82) is 0 Å². The second-order valence-electron chi connectivity index (χ2n) is 22.7. The fourth-order valence-electron chi connectivity index (χ4n) is 9.76. The van der Waals surface area contributed by atoms with Crippen LogP contribution in [0.4, 0.5) is 0 Å². The lowest BCUT2D eigenvalue weighted by atomic mass is 10.0. The monoisotopic (exact) mass is 1090 g/mol. The van der Waals surface area contributed by atoms with E-state index in [1.54, 1.807) is 0 Å². The molecule has 0 aliphatic heterocycles. The summed E-state index contributed by atoms with van der Waals surface area (Å²) in [5, 5.41) is 0. The highest BCUT2D eigenvalue weighted by Crippen LogP contribution is 2.17. The topological polar surface area (TPSA) is 78.9 Å². The number of hydrogen-bond acceptors (Lipinski definition) is 6. The molecule has 0 bridgehead atoms. The highest BCUT2D eigenvalue weighted by Gasteiger charge is 2.19. The molecule has 0 aromatic carbocycles. The largest absolute Gasteiger partial charge is 0.462 e. The first-order chi connectivity index (χ1) is 38.5. The van der Waals surface area contributed by atoms with E-state index < -0.39 is 6.10 Å². The number of carbonyl (C=O) groups is 3. The average molecular weight is 1090 g/mol. The summed E-state index contributed by atoms with van der Waals surface area (Å²) in [7, 11) is 0. The summed E-state index contributed by atoms with van der Waals surface area (Å²) < 4.78 is 17.0. The van der Waals surface area contributed by atoms with Crippen LogP contribution in [-0.4, -0.2) is 37.2 Å².